The van der Waals surface area contributed by atoms with Gasteiger partial charge in [-0.3, -0.25) is 9.59 Å². The van der Waals surface area contributed by atoms with Gasteiger partial charge in [-0.2, -0.15) is 0 Å². The molecular weight excluding hydrogens is 372 g/mol. The fourth-order valence-electron chi connectivity index (χ4n) is 2.74. The average Bonchev–Trinajstić information content (AvgIpc) is 2.57. The summed E-state index contributed by atoms with van der Waals surface area (Å²) in [6, 6.07) is 8.51. The van der Waals surface area contributed by atoms with Crippen molar-refractivity contribution < 1.29 is 4.74 Å². The van der Waals surface area contributed by atoms with E-state index in [0.717, 1.165) is 15.6 Å². The average molecular weight is 389 g/mol. The van der Waals surface area contributed by atoms with Gasteiger partial charge in [0.05, 0.1) is 12.6 Å². The zero-order valence-corrected chi connectivity index (χ0v) is 15.0. The quantitative estimate of drug-likeness (QED) is 0.690. The number of methoxy groups -OCH3 is 1. The molecule has 0 aliphatic heterocycles. The van der Waals surface area contributed by atoms with Crippen LogP contribution in [0.3, 0.4) is 0 Å². The summed E-state index contributed by atoms with van der Waals surface area (Å²) in [4.78, 5) is 24.1. The van der Waals surface area contributed by atoms with Gasteiger partial charge in [0, 0.05) is 47.5 Å². The third-order valence-electron chi connectivity index (χ3n) is 4.02. The first-order valence-electron chi connectivity index (χ1n) is 7.53. The maximum absolute atomic E-state index is 12.2. The first-order valence-corrected chi connectivity index (χ1v) is 8.32. The Kier molecular flexibility index (Phi) is 4.57. The number of aryl methyl sites for hydroxylation is 3. The lowest BCUT2D eigenvalue weighted by atomic mass is 10.1. The first kappa shape index (κ1) is 16.5. The monoisotopic (exact) mass is 388 g/mol. The van der Waals surface area contributed by atoms with Crippen molar-refractivity contribution in [2.24, 2.45) is 0 Å². The van der Waals surface area contributed by atoms with Gasteiger partial charge in [-0.1, -0.05) is 0 Å². The molecule has 0 saturated carbocycles. The lowest BCUT2D eigenvalue weighted by Crippen LogP contribution is -2.21. The number of fused-ring (bicyclic) bond motifs is 1. The number of aromatic nitrogens is 2. The molecule has 3 rings (SSSR count). The van der Waals surface area contributed by atoms with Gasteiger partial charge in [0.1, 0.15) is 5.75 Å². The molecule has 0 saturated heterocycles. The molecule has 1 aromatic carbocycles. The Bertz CT molecular complexity index is 1020. The first-order chi connectivity index (χ1) is 11.5. The van der Waals surface area contributed by atoms with E-state index in [1.807, 2.05) is 17.6 Å². The summed E-state index contributed by atoms with van der Waals surface area (Å²) in [6.07, 6.45) is 3.53. The van der Waals surface area contributed by atoms with Crippen molar-refractivity contribution in [3.05, 3.63) is 73.3 Å². The lowest BCUT2D eigenvalue weighted by molar-refractivity contribution is 0.412. The molecule has 6 heteroatoms. The second-order valence-corrected chi connectivity index (χ2v) is 6.51. The minimum Gasteiger partial charge on any atom is -0.496 e. The smallest absolute Gasteiger partial charge is 0.250 e. The molecule has 0 atom stereocenters. The molecule has 0 unspecified atom stereocenters. The number of rotatable bonds is 4. The summed E-state index contributed by atoms with van der Waals surface area (Å²) >= 11 is 3.38. The van der Waals surface area contributed by atoms with Gasteiger partial charge in [0.15, 0.2) is 5.43 Å². The van der Waals surface area contributed by atoms with Crippen LogP contribution in [0.15, 0.2) is 56.8 Å². The van der Waals surface area contributed by atoms with E-state index in [1.54, 1.807) is 42.3 Å². The molecule has 0 aliphatic carbocycles. The van der Waals surface area contributed by atoms with Crippen molar-refractivity contribution in [3.8, 4) is 5.75 Å². The van der Waals surface area contributed by atoms with E-state index in [1.165, 1.54) is 6.07 Å². The van der Waals surface area contributed by atoms with Crippen molar-refractivity contribution in [2.45, 2.75) is 20.0 Å². The van der Waals surface area contributed by atoms with Crippen LogP contribution in [0.2, 0.25) is 0 Å². The fraction of sp³-hybridized carbons (Fsp3) is 0.222. The van der Waals surface area contributed by atoms with Crippen LogP contribution in [0, 0.1) is 6.92 Å². The minimum absolute atomic E-state index is 0.0424. The van der Waals surface area contributed by atoms with Gasteiger partial charge < -0.3 is 13.9 Å². The van der Waals surface area contributed by atoms with Crippen LogP contribution in [-0.2, 0) is 13.1 Å². The summed E-state index contributed by atoms with van der Waals surface area (Å²) in [5, 5.41) is 0.613. The second-order valence-electron chi connectivity index (χ2n) is 5.59. The normalized spacial score (nSPS) is 11.0. The topological polar surface area (TPSA) is 53.2 Å². The Labute approximate surface area is 147 Å². The van der Waals surface area contributed by atoms with E-state index < -0.39 is 0 Å². The van der Waals surface area contributed by atoms with Crippen LogP contribution < -0.4 is 15.7 Å². The highest BCUT2D eigenvalue weighted by atomic mass is 79.9. The zero-order chi connectivity index (χ0) is 17.3. The Morgan fingerprint density at radius 1 is 1.08 bits per heavy atom. The summed E-state index contributed by atoms with van der Waals surface area (Å²) in [6.45, 7) is 3.04. The number of pyridine rings is 2. The molecule has 0 N–H and O–H groups in total. The minimum atomic E-state index is -0.0543. The van der Waals surface area contributed by atoms with Crippen molar-refractivity contribution in [2.75, 3.05) is 7.11 Å². The number of hydrogen-bond donors (Lipinski definition) is 0. The number of hydrogen-bond acceptors (Lipinski definition) is 3. The third kappa shape index (κ3) is 3.14. The van der Waals surface area contributed by atoms with Crippen LogP contribution >= 0.6 is 15.9 Å². The second kappa shape index (κ2) is 6.65. The molecular formula is C18H17BrN2O3. The molecule has 24 heavy (non-hydrogen) atoms. The highest BCUT2D eigenvalue weighted by molar-refractivity contribution is 9.10. The number of ether oxygens (including phenoxy) is 1. The van der Waals surface area contributed by atoms with E-state index in [4.69, 9.17) is 4.74 Å². The standard InChI is InChI=1S/C18H17BrN2O3/c1-12-9-15-14(10-17(12)24-2)16(22)5-6-20(15)7-8-21-11-13(19)3-4-18(21)23/h3-6,9-11H,7-8H2,1-2H3. The zero-order valence-electron chi connectivity index (χ0n) is 13.5. The van der Waals surface area contributed by atoms with Gasteiger partial charge in [-0.15, -0.1) is 0 Å². The number of benzene rings is 1. The van der Waals surface area contributed by atoms with Crippen LogP contribution in [0.4, 0.5) is 0 Å². The van der Waals surface area contributed by atoms with E-state index >= 15 is 0 Å². The molecule has 3 aromatic rings. The molecule has 0 aliphatic rings. The summed E-state index contributed by atoms with van der Waals surface area (Å²) in [5.41, 5.74) is 1.70. The van der Waals surface area contributed by atoms with E-state index in [-0.39, 0.29) is 11.0 Å². The highest BCUT2D eigenvalue weighted by Gasteiger charge is 2.08. The molecule has 0 bridgehead atoms. The van der Waals surface area contributed by atoms with Crippen molar-refractivity contribution in [1.29, 1.82) is 0 Å². The van der Waals surface area contributed by atoms with Crippen molar-refractivity contribution >= 4 is 26.8 Å². The largest absolute Gasteiger partial charge is 0.496 e. The van der Waals surface area contributed by atoms with Crippen LogP contribution in [0.1, 0.15) is 5.56 Å². The van der Waals surface area contributed by atoms with Crippen molar-refractivity contribution in [1.82, 2.24) is 9.13 Å². The van der Waals surface area contributed by atoms with Gasteiger partial charge >= 0.3 is 0 Å². The summed E-state index contributed by atoms with van der Waals surface area (Å²) in [7, 11) is 1.59. The van der Waals surface area contributed by atoms with Gasteiger partial charge in [-0.05, 0) is 46.6 Å². The van der Waals surface area contributed by atoms with E-state index in [9.17, 15) is 9.59 Å². The van der Waals surface area contributed by atoms with E-state index in [2.05, 4.69) is 15.9 Å². The molecule has 0 fully saturated rings. The Hall–Kier alpha value is -2.34. The predicted octanol–water partition coefficient (Wildman–Crippen LogP) is 2.94. The molecule has 0 amide bonds. The number of halogens is 1. The Morgan fingerprint density at radius 3 is 2.58 bits per heavy atom. The molecule has 0 radical (unpaired) electrons. The van der Waals surface area contributed by atoms with Crippen LogP contribution in [0.5, 0.6) is 5.75 Å². The Morgan fingerprint density at radius 2 is 1.83 bits per heavy atom. The van der Waals surface area contributed by atoms with Gasteiger partial charge in [0.25, 0.3) is 5.56 Å². The lowest BCUT2D eigenvalue weighted by Gasteiger charge is -2.14. The summed E-state index contributed by atoms with van der Waals surface area (Å²) in [5.74, 6) is 0.695. The third-order valence-corrected chi connectivity index (χ3v) is 4.49. The Balaban J connectivity index is 2.02. The van der Waals surface area contributed by atoms with Crippen LogP contribution in [-0.4, -0.2) is 16.2 Å². The maximum atomic E-state index is 12.2. The molecule has 5 nitrogen and oxygen atoms in total. The van der Waals surface area contributed by atoms with Crippen LogP contribution in [0.25, 0.3) is 10.9 Å². The highest BCUT2D eigenvalue weighted by Crippen LogP contribution is 2.23. The van der Waals surface area contributed by atoms with E-state index in [0.29, 0.717) is 24.2 Å². The van der Waals surface area contributed by atoms with Gasteiger partial charge in [-0.25, -0.2) is 0 Å². The predicted molar refractivity (Wildman–Crippen MR) is 97.9 cm³/mol. The maximum Gasteiger partial charge on any atom is 0.250 e. The molecule has 2 heterocycles. The molecule has 0 spiro atoms. The number of nitrogens with zero attached hydrogens (tertiary/aromatic N) is 2. The molecule has 124 valence electrons. The summed E-state index contributed by atoms with van der Waals surface area (Å²) < 4.78 is 9.79. The fourth-order valence-corrected chi connectivity index (χ4v) is 3.12. The SMILES string of the molecule is COc1cc2c(=O)ccn(CCn3cc(Br)ccc3=O)c2cc1C. The van der Waals surface area contributed by atoms with Crippen molar-refractivity contribution in [3.63, 3.8) is 0 Å². The van der Waals surface area contributed by atoms with Gasteiger partial charge in [0.2, 0.25) is 0 Å². The molecule has 2 aromatic heterocycles.